The quantitative estimate of drug-likeness (QED) is 0.357. The first kappa shape index (κ1) is 26.9. The molecular weight excluding hydrogens is 464 g/mol. The normalized spacial score (nSPS) is 37.8. The van der Waals surface area contributed by atoms with Crippen molar-refractivity contribution in [2.24, 2.45) is 29.4 Å². The van der Waals surface area contributed by atoms with Crippen LogP contribution in [-0.2, 0) is 0 Å². The standard InChI is InChI=1S/C24H42F4N6O/c25-20-10-17(24(26,27)28)6-7-19(20)21-30-12-16(22(33-21)34-9-8-15(11-29)14-34)13-31-23(35)32-18-4-2-1-3-5-18/h15-22,30,33H,1-14,29H2,(H2,31,32,35). The second-order valence-electron chi connectivity index (χ2n) is 11.1. The van der Waals surface area contributed by atoms with Crippen molar-refractivity contribution < 1.29 is 22.4 Å². The number of urea groups is 1. The number of nitrogens with two attached hydrogens (primary N) is 1. The highest BCUT2D eigenvalue weighted by Gasteiger charge is 2.48. The van der Waals surface area contributed by atoms with E-state index in [4.69, 9.17) is 5.73 Å². The maximum absolute atomic E-state index is 14.9. The van der Waals surface area contributed by atoms with Gasteiger partial charge in [-0.3, -0.25) is 10.2 Å². The smallest absolute Gasteiger partial charge is 0.338 e. The molecule has 2 heterocycles. The fourth-order valence-electron chi connectivity index (χ4n) is 6.46. The number of likely N-dealkylation sites (tertiary alicyclic amines) is 1. The molecule has 2 amide bonds. The molecule has 2 aliphatic heterocycles. The topological polar surface area (TPSA) is 94.4 Å². The Bertz CT molecular complexity index is 691. The van der Waals surface area contributed by atoms with E-state index in [1.165, 1.54) is 6.42 Å². The number of nitrogens with one attached hydrogen (secondary N) is 4. The van der Waals surface area contributed by atoms with E-state index in [0.717, 1.165) is 45.2 Å². The lowest BCUT2D eigenvalue weighted by molar-refractivity contribution is -0.191. The number of hydrogen-bond donors (Lipinski definition) is 5. The number of halogens is 4. The summed E-state index contributed by atoms with van der Waals surface area (Å²) in [4.78, 5) is 14.8. The molecule has 4 rings (SSSR count). The van der Waals surface area contributed by atoms with E-state index in [1.54, 1.807) is 0 Å². The number of carbonyl (C=O) groups is 1. The summed E-state index contributed by atoms with van der Waals surface area (Å²) >= 11 is 0. The first-order valence-electron chi connectivity index (χ1n) is 13.4. The molecule has 35 heavy (non-hydrogen) atoms. The van der Waals surface area contributed by atoms with Crippen LogP contribution in [0.5, 0.6) is 0 Å². The summed E-state index contributed by atoms with van der Waals surface area (Å²) in [5, 5.41) is 13.0. The third-order valence-corrected chi connectivity index (χ3v) is 8.62. The molecule has 6 N–H and O–H groups in total. The Balaban J connectivity index is 1.35. The zero-order valence-corrected chi connectivity index (χ0v) is 20.5. The number of rotatable bonds is 6. The van der Waals surface area contributed by atoms with Crippen molar-refractivity contribution in [1.29, 1.82) is 0 Å². The zero-order valence-electron chi connectivity index (χ0n) is 20.5. The monoisotopic (exact) mass is 506 g/mol. The number of carbonyl (C=O) groups excluding carboxylic acids is 1. The molecular formula is C24H42F4N6O. The molecule has 0 spiro atoms. The van der Waals surface area contributed by atoms with E-state index in [1.807, 2.05) is 0 Å². The van der Waals surface area contributed by atoms with Crippen LogP contribution in [0.25, 0.3) is 0 Å². The maximum atomic E-state index is 14.9. The number of hydrogen-bond acceptors (Lipinski definition) is 5. The largest absolute Gasteiger partial charge is 0.391 e. The van der Waals surface area contributed by atoms with E-state index < -0.39 is 36.8 Å². The predicted molar refractivity (Wildman–Crippen MR) is 126 cm³/mol. The second-order valence-corrected chi connectivity index (χ2v) is 11.1. The van der Waals surface area contributed by atoms with Gasteiger partial charge in [-0.25, -0.2) is 9.18 Å². The molecule has 11 heteroatoms. The van der Waals surface area contributed by atoms with E-state index in [9.17, 15) is 22.4 Å². The van der Waals surface area contributed by atoms with E-state index in [0.29, 0.717) is 25.6 Å². The van der Waals surface area contributed by atoms with Gasteiger partial charge in [0, 0.05) is 44.1 Å². The van der Waals surface area contributed by atoms with Crippen molar-refractivity contribution in [2.75, 3.05) is 32.7 Å². The van der Waals surface area contributed by atoms with Gasteiger partial charge in [-0.05, 0) is 51.0 Å². The summed E-state index contributed by atoms with van der Waals surface area (Å²) in [6, 6.07) is 0.0667. The van der Waals surface area contributed by atoms with E-state index in [2.05, 4.69) is 26.2 Å². The molecule has 2 saturated heterocycles. The molecule has 0 aromatic heterocycles. The van der Waals surface area contributed by atoms with Crippen LogP contribution in [0.15, 0.2) is 0 Å². The van der Waals surface area contributed by atoms with Gasteiger partial charge in [-0.2, -0.15) is 13.2 Å². The van der Waals surface area contributed by atoms with Crippen LogP contribution in [0.2, 0.25) is 0 Å². The van der Waals surface area contributed by atoms with Crippen molar-refractivity contribution in [3.05, 3.63) is 0 Å². The van der Waals surface area contributed by atoms with Crippen molar-refractivity contribution in [3.8, 4) is 0 Å². The second kappa shape index (κ2) is 11.9. The number of amides is 2. The van der Waals surface area contributed by atoms with Gasteiger partial charge < -0.3 is 21.7 Å². The molecule has 7 unspecified atom stereocenters. The fraction of sp³-hybridized carbons (Fsp3) is 0.958. The lowest BCUT2D eigenvalue weighted by Crippen LogP contribution is -2.68. The first-order chi connectivity index (χ1) is 16.7. The number of nitrogens with zero attached hydrogens (tertiary/aromatic N) is 1. The van der Waals surface area contributed by atoms with Gasteiger partial charge >= 0.3 is 12.2 Å². The Kier molecular flexibility index (Phi) is 9.15. The van der Waals surface area contributed by atoms with Crippen molar-refractivity contribution >= 4 is 6.03 Å². The molecule has 4 fully saturated rings. The van der Waals surface area contributed by atoms with Gasteiger partial charge in [0.05, 0.1) is 18.2 Å². The Morgan fingerprint density at radius 3 is 2.51 bits per heavy atom. The number of alkyl halides is 4. The first-order valence-corrected chi connectivity index (χ1v) is 13.4. The van der Waals surface area contributed by atoms with Gasteiger partial charge in [0.2, 0.25) is 0 Å². The third kappa shape index (κ3) is 6.99. The van der Waals surface area contributed by atoms with Crippen LogP contribution in [0.3, 0.4) is 0 Å². The van der Waals surface area contributed by atoms with Gasteiger partial charge in [0.15, 0.2) is 0 Å². The lowest BCUT2D eigenvalue weighted by Gasteiger charge is -2.47. The lowest BCUT2D eigenvalue weighted by atomic mass is 9.78. The average Bonchev–Trinajstić information content (AvgIpc) is 3.32. The Morgan fingerprint density at radius 1 is 1.09 bits per heavy atom. The van der Waals surface area contributed by atoms with Crippen LogP contribution in [0.4, 0.5) is 22.4 Å². The molecule has 2 aliphatic carbocycles. The van der Waals surface area contributed by atoms with Crippen LogP contribution < -0.4 is 27.0 Å². The van der Waals surface area contributed by atoms with Crippen LogP contribution in [0, 0.1) is 23.7 Å². The van der Waals surface area contributed by atoms with Crippen LogP contribution in [0.1, 0.15) is 57.8 Å². The van der Waals surface area contributed by atoms with Crippen LogP contribution in [-0.4, -0.2) is 74.4 Å². The third-order valence-electron chi connectivity index (χ3n) is 8.62. The minimum Gasteiger partial charge on any atom is -0.338 e. The van der Waals surface area contributed by atoms with Gasteiger partial charge in [-0.15, -0.1) is 0 Å². The highest BCUT2D eigenvalue weighted by Crippen LogP contribution is 2.42. The predicted octanol–water partition coefficient (Wildman–Crippen LogP) is 2.68. The Labute approximate surface area is 205 Å². The Hall–Kier alpha value is -1.17. The van der Waals surface area contributed by atoms with Crippen molar-refractivity contribution in [3.63, 3.8) is 0 Å². The van der Waals surface area contributed by atoms with Crippen LogP contribution >= 0.6 is 0 Å². The maximum Gasteiger partial charge on any atom is 0.391 e. The molecule has 0 aromatic rings. The zero-order chi connectivity index (χ0) is 25.0. The highest BCUT2D eigenvalue weighted by molar-refractivity contribution is 5.74. The molecule has 0 bridgehead atoms. The fourth-order valence-corrected chi connectivity index (χ4v) is 6.46. The van der Waals surface area contributed by atoms with Gasteiger partial charge in [0.25, 0.3) is 0 Å². The summed E-state index contributed by atoms with van der Waals surface area (Å²) in [6.07, 6.45) is -0.135. The molecule has 7 nitrogen and oxygen atoms in total. The van der Waals surface area contributed by atoms with Crippen molar-refractivity contribution in [1.82, 2.24) is 26.2 Å². The molecule has 7 atom stereocenters. The summed E-state index contributed by atoms with van der Waals surface area (Å²) in [7, 11) is 0. The van der Waals surface area contributed by atoms with E-state index in [-0.39, 0.29) is 37.0 Å². The summed E-state index contributed by atoms with van der Waals surface area (Å²) in [5.41, 5.74) is 5.89. The minimum absolute atomic E-state index is 0.0373. The summed E-state index contributed by atoms with van der Waals surface area (Å²) in [5.74, 6) is -1.63. The van der Waals surface area contributed by atoms with Crippen molar-refractivity contribution in [2.45, 2.75) is 88.5 Å². The average molecular weight is 507 g/mol. The van der Waals surface area contributed by atoms with E-state index >= 15 is 0 Å². The molecule has 4 aliphatic rings. The molecule has 0 aromatic carbocycles. The Morgan fingerprint density at radius 2 is 1.86 bits per heavy atom. The highest BCUT2D eigenvalue weighted by atomic mass is 19.4. The summed E-state index contributed by atoms with van der Waals surface area (Å²) in [6.45, 7) is 3.30. The molecule has 202 valence electrons. The van der Waals surface area contributed by atoms with Gasteiger partial charge in [-0.1, -0.05) is 19.3 Å². The SMILES string of the molecule is NCC1CCN(C2NC(C3CCC(C(F)(F)F)CC3F)NCC2CNC(=O)NC2CCCCC2)C1. The minimum atomic E-state index is -4.34. The molecule has 0 radical (unpaired) electrons. The summed E-state index contributed by atoms with van der Waals surface area (Å²) < 4.78 is 54.3. The van der Waals surface area contributed by atoms with Gasteiger partial charge in [0.1, 0.15) is 6.17 Å². The molecule has 2 saturated carbocycles.